The topological polar surface area (TPSA) is 51.0 Å². The maximum Gasteiger partial charge on any atom is 0.248 e. The van der Waals surface area contributed by atoms with Crippen molar-refractivity contribution in [2.75, 3.05) is 11.4 Å². The van der Waals surface area contributed by atoms with E-state index in [0.717, 1.165) is 52.9 Å². The van der Waals surface area contributed by atoms with E-state index >= 15 is 0 Å². The summed E-state index contributed by atoms with van der Waals surface area (Å²) < 4.78 is 1.75. The van der Waals surface area contributed by atoms with Crippen molar-refractivity contribution in [1.29, 1.82) is 0 Å². The molecular weight excluding hydrogens is 372 g/mol. The minimum atomic E-state index is 0.0520. The molecular formula is C25H24N4O. The predicted octanol–water partition coefficient (Wildman–Crippen LogP) is 4.69. The van der Waals surface area contributed by atoms with E-state index in [-0.39, 0.29) is 12.5 Å². The molecule has 1 aliphatic rings. The number of rotatable bonds is 3. The van der Waals surface area contributed by atoms with Gasteiger partial charge in [0.25, 0.3) is 0 Å². The lowest BCUT2D eigenvalue weighted by atomic mass is 9.99. The van der Waals surface area contributed by atoms with Gasteiger partial charge in [0.2, 0.25) is 5.91 Å². The van der Waals surface area contributed by atoms with Gasteiger partial charge in [0, 0.05) is 23.8 Å². The summed E-state index contributed by atoms with van der Waals surface area (Å²) in [4.78, 5) is 19.7. The van der Waals surface area contributed by atoms with E-state index in [1.54, 1.807) is 10.9 Å². The summed E-state index contributed by atoms with van der Waals surface area (Å²) in [7, 11) is 0. The molecule has 1 amide bonds. The highest BCUT2D eigenvalue weighted by molar-refractivity contribution is 5.97. The Labute approximate surface area is 176 Å². The second-order valence-electron chi connectivity index (χ2n) is 7.95. The first-order chi connectivity index (χ1) is 14.6. The van der Waals surface area contributed by atoms with Crippen LogP contribution in [0.5, 0.6) is 0 Å². The number of carbonyl (C=O) groups is 1. The molecule has 0 fully saturated rings. The molecule has 150 valence electrons. The molecule has 0 aliphatic carbocycles. The summed E-state index contributed by atoms with van der Waals surface area (Å²) in [6, 6.07) is 18.6. The highest BCUT2D eigenvalue weighted by Gasteiger charge is 2.24. The predicted molar refractivity (Wildman–Crippen MR) is 120 cm³/mol. The van der Waals surface area contributed by atoms with Crippen LogP contribution in [-0.2, 0) is 17.8 Å². The Hall–Kier alpha value is -3.47. The second-order valence-corrected chi connectivity index (χ2v) is 7.95. The minimum Gasteiger partial charge on any atom is -0.311 e. The quantitative estimate of drug-likeness (QED) is 0.505. The molecule has 0 bridgehead atoms. The average molecular weight is 396 g/mol. The molecule has 2 aromatic heterocycles. The first-order valence-corrected chi connectivity index (χ1v) is 10.4. The fourth-order valence-corrected chi connectivity index (χ4v) is 4.45. The van der Waals surface area contributed by atoms with Gasteiger partial charge in [-0.1, -0.05) is 48.0 Å². The zero-order chi connectivity index (χ0) is 20.7. The molecule has 0 unspecified atom stereocenters. The number of hydrogen-bond acceptors (Lipinski definition) is 3. The minimum absolute atomic E-state index is 0.0520. The number of aryl methyl sites for hydroxylation is 3. The van der Waals surface area contributed by atoms with Crippen LogP contribution in [0.4, 0.5) is 5.69 Å². The number of amides is 1. The summed E-state index contributed by atoms with van der Waals surface area (Å²) in [6.45, 7) is 5.00. The van der Waals surface area contributed by atoms with Crippen molar-refractivity contribution in [3.63, 3.8) is 0 Å². The van der Waals surface area contributed by atoms with Gasteiger partial charge in [0.05, 0.1) is 5.69 Å². The zero-order valence-electron chi connectivity index (χ0n) is 17.3. The molecule has 2 aromatic carbocycles. The standard InChI is InChI=1S/C25H24N4O/c1-17-10-11-22-20(15-17)9-6-14-28(22)23(30)16-29-25-24(18(2)27-29)21(12-13-26-25)19-7-4-3-5-8-19/h3-5,7-8,10-13,15H,6,9,14,16H2,1-2H3. The fraction of sp³-hybridized carbons (Fsp3) is 0.240. The monoisotopic (exact) mass is 396 g/mol. The number of benzene rings is 2. The Kier molecular flexibility index (Phi) is 4.58. The van der Waals surface area contributed by atoms with Crippen LogP contribution in [0.1, 0.15) is 23.2 Å². The van der Waals surface area contributed by atoms with Gasteiger partial charge in [0.15, 0.2) is 5.65 Å². The summed E-state index contributed by atoms with van der Waals surface area (Å²) in [5.74, 6) is 0.0520. The average Bonchev–Trinajstić information content (AvgIpc) is 3.09. The number of carbonyl (C=O) groups excluding carboxylic acids is 1. The van der Waals surface area contributed by atoms with Gasteiger partial charge < -0.3 is 4.90 Å². The lowest BCUT2D eigenvalue weighted by Gasteiger charge is -2.29. The van der Waals surface area contributed by atoms with Crippen molar-refractivity contribution in [1.82, 2.24) is 14.8 Å². The Morgan fingerprint density at radius 2 is 1.90 bits per heavy atom. The molecule has 0 atom stereocenters. The van der Waals surface area contributed by atoms with Crippen molar-refractivity contribution in [2.24, 2.45) is 0 Å². The summed E-state index contributed by atoms with van der Waals surface area (Å²) in [5, 5.41) is 5.69. The summed E-state index contributed by atoms with van der Waals surface area (Å²) in [6.07, 6.45) is 3.80. The van der Waals surface area contributed by atoms with Crippen LogP contribution in [-0.4, -0.2) is 27.2 Å². The molecule has 3 heterocycles. The fourth-order valence-electron chi connectivity index (χ4n) is 4.45. The van der Waals surface area contributed by atoms with E-state index in [1.807, 2.05) is 36.1 Å². The van der Waals surface area contributed by atoms with Gasteiger partial charge in [-0.3, -0.25) is 4.79 Å². The molecule has 0 N–H and O–H groups in total. The molecule has 5 nitrogen and oxygen atoms in total. The lowest BCUT2D eigenvalue weighted by Crippen LogP contribution is -2.38. The van der Waals surface area contributed by atoms with Gasteiger partial charge >= 0.3 is 0 Å². The summed E-state index contributed by atoms with van der Waals surface area (Å²) in [5.41, 5.74) is 7.37. The number of hydrogen-bond donors (Lipinski definition) is 0. The third-order valence-corrected chi connectivity index (χ3v) is 5.83. The normalized spacial score (nSPS) is 13.5. The number of pyridine rings is 1. The number of anilines is 1. The maximum absolute atomic E-state index is 13.3. The molecule has 0 spiro atoms. The third-order valence-electron chi connectivity index (χ3n) is 5.83. The van der Waals surface area contributed by atoms with Crippen molar-refractivity contribution in [2.45, 2.75) is 33.2 Å². The van der Waals surface area contributed by atoms with Gasteiger partial charge in [-0.05, 0) is 55.5 Å². The van der Waals surface area contributed by atoms with Gasteiger partial charge in [-0.15, -0.1) is 0 Å². The first kappa shape index (κ1) is 18.6. The molecule has 0 radical (unpaired) electrons. The molecule has 5 heteroatoms. The van der Waals surface area contributed by atoms with E-state index in [2.05, 4.69) is 47.3 Å². The van der Waals surface area contributed by atoms with Crippen LogP contribution in [0.2, 0.25) is 0 Å². The van der Waals surface area contributed by atoms with E-state index < -0.39 is 0 Å². The molecule has 4 aromatic rings. The van der Waals surface area contributed by atoms with E-state index in [9.17, 15) is 4.79 Å². The van der Waals surface area contributed by atoms with Gasteiger partial charge in [-0.25, -0.2) is 9.67 Å². The van der Waals surface area contributed by atoms with Crippen LogP contribution in [0.3, 0.4) is 0 Å². The van der Waals surface area contributed by atoms with Crippen LogP contribution in [0, 0.1) is 13.8 Å². The van der Waals surface area contributed by atoms with E-state index in [4.69, 9.17) is 0 Å². The Balaban J connectivity index is 1.51. The SMILES string of the molecule is Cc1ccc2c(c1)CCCN2C(=O)Cn1nc(C)c2c(-c3ccccc3)ccnc21. The van der Waals surface area contributed by atoms with E-state index in [0.29, 0.717) is 0 Å². The molecule has 1 aliphatic heterocycles. The second kappa shape index (κ2) is 7.41. The molecule has 0 saturated heterocycles. The Morgan fingerprint density at radius 1 is 1.07 bits per heavy atom. The molecule has 0 saturated carbocycles. The van der Waals surface area contributed by atoms with Gasteiger partial charge in [0.1, 0.15) is 6.54 Å². The lowest BCUT2D eigenvalue weighted by molar-refractivity contribution is -0.119. The zero-order valence-corrected chi connectivity index (χ0v) is 17.3. The number of aromatic nitrogens is 3. The van der Waals surface area contributed by atoms with E-state index in [1.165, 1.54) is 11.1 Å². The first-order valence-electron chi connectivity index (χ1n) is 10.4. The van der Waals surface area contributed by atoms with Crippen molar-refractivity contribution < 1.29 is 4.79 Å². The number of nitrogens with zero attached hydrogens (tertiary/aromatic N) is 4. The Morgan fingerprint density at radius 3 is 2.73 bits per heavy atom. The van der Waals surface area contributed by atoms with Crippen molar-refractivity contribution in [3.8, 4) is 11.1 Å². The summed E-state index contributed by atoms with van der Waals surface area (Å²) >= 11 is 0. The number of fused-ring (bicyclic) bond motifs is 2. The maximum atomic E-state index is 13.3. The smallest absolute Gasteiger partial charge is 0.248 e. The van der Waals surface area contributed by atoms with Crippen molar-refractivity contribution >= 4 is 22.6 Å². The molecule has 5 rings (SSSR count). The van der Waals surface area contributed by atoms with Crippen molar-refractivity contribution in [3.05, 3.63) is 77.6 Å². The highest BCUT2D eigenvalue weighted by Crippen LogP contribution is 2.31. The highest BCUT2D eigenvalue weighted by atomic mass is 16.2. The largest absolute Gasteiger partial charge is 0.311 e. The van der Waals surface area contributed by atoms with Crippen LogP contribution in [0.15, 0.2) is 60.8 Å². The Bertz CT molecular complexity index is 1240. The van der Waals surface area contributed by atoms with Crippen LogP contribution in [0.25, 0.3) is 22.2 Å². The molecule has 30 heavy (non-hydrogen) atoms. The van der Waals surface area contributed by atoms with Crippen LogP contribution >= 0.6 is 0 Å². The third kappa shape index (κ3) is 3.16. The van der Waals surface area contributed by atoms with Gasteiger partial charge in [-0.2, -0.15) is 5.10 Å². The van der Waals surface area contributed by atoms with Crippen LogP contribution < -0.4 is 4.90 Å².